The summed E-state index contributed by atoms with van der Waals surface area (Å²) in [6.07, 6.45) is 5.98. The zero-order valence-electron chi connectivity index (χ0n) is 11.2. The summed E-state index contributed by atoms with van der Waals surface area (Å²) in [5, 5.41) is 2.68. The maximum atomic E-state index is 11.8. The van der Waals surface area contributed by atoms with Crippen molar-refractivity contribution in [2.75, 3.05) is 11.9 Å². The molecular formula is C17H13NO3. The minimum absolute atomic E-state index is 0.189. The largest absolute Gasteiger partial charge is 0.483 e. The molecular weight excluding hydrogens is 266 g/mol. The molecule has 0 heterocycles. The number of terminal acetylenes is 1. The Morgan fingerprint density at radius 2 is 2.05 bits per heavy atom. The van der Waals surface area contributed by atoms with Crippen molar-refractivity contribution in [1.29, 1.82) is 0 Å². The van der Waals surface area contributed by atoms with E-state index in [0.717, 1.165) is 0 Å². The molecule has 21 heavy (non-hydrogen) atoms. The van der Waals surface area contributed by atoms with Crippen LogP contribution < -0.4 is 10.1 Å². The Balaban J connectivity index is 1.96. The molecule has 0 radical (unpaired) electrons. The smallest absolute Gasteiger partial charge is 0.262 e. The molecule has 0 aromatic heterocycles. The third-order valence-electron chi connectivity index (χ3n) is 2.72. The number of ether oxygens (including phenoxy) is 1. The molecule has 2 rings (SSSR count). The van der Waals surface area contributed by atoms with Gasteiger partial charge in [0.2, 0.25) is 0 Å². The quantitative estimate of drug-likeness (QED) is 0.676. The van der Waals surface area contributed by atoms with Crippen LogP contribution >= 0.6 is 0 Å². The summed E-state index contributed by atoms with van der Waals surface area (Å²) >= 11 is 0. The number of para-hydroxylation sites is 1. The summed E-state index contributed by atoms with van der Waals surface area (Å²) in [6, 6.07) is 13.7. The van der Waals surface area contributed by atoms with Gasteiger partial charge in [0.05, 0.1) is 5.56 Å². The van der Waals surface area contributed by atoms with E-state index in [0.29, 0.717) is 28.8 Å². The Hall–Kier alpha value is -3.06. The highest BCUT2D eigenvalue weighted by atomic mass is 16.5. The molecule has 1 amide bonds. The van der Waals surface area contributed by atoms with E-state index < -0.39 is 0 Å². The van der Waals surface area contributed by atoms with Crippen molar-refractivity contribution < 1.29 is 14.3 Å². The Bertz CT molecular complexity index is 701. The van der Waals surface area contributed by atoms with Crippen LogP contribution in [0.2, 0.25) is 0 Å². The monoisotopic (exact) mass is 279 g/mol. The molecule has 0 spiro atoms. The molecule has 0 saturated carbocycles. The molecule has 0 saturated heterocycles. The van der Waals surface area contributed by atoms with Gasteiger partial charge in [0, 0.05) is 11.3 Å². The van der Waals surface area contributed by atoms with Gasteiger partial charge in [-0.3, -0.25) is 9.59 Å². The van der Waals surface area contributed by atoms with E-state index in [-0.39, 0.29) is 12.5 Å². The second-order valence-electron chi connectivity index (χ2n) is 4.22. The van der Waals surface area contributed by atoms with Gasteiger partial charge in [0.1, 0.15) is 5.75 Å². The van der Waals surface area contributed by atoms with E-state index in [4.69, 9.17) is 11.2 Å². The lowest BCUT2D eigenvalue weighted by Crippen LogP contribution is -2.20. The maximum Gasteiger partial charge on any atom is 0.262 e. The van der Waals surface area contributed by atoms with E-state index in [1.54, 1.807) is 48.5 Å². The van der Waals surface area contributed by atoms with Crippen LogP contribution in [-0.2, 0) is 4.79 Å². The molecule has 1 N–H and O–H groups in total. The van der Waals surface area contributed by atoms with Gasteiger partial charge in [-0.05, 0) is 30.3 Å². The van der Waals surface area contributed by atoms with Gasteiger partial charge in [-0.15, -0.1) is 6.42 Å². The lowest BCUT2D eigenvalue weighted by Gasteiger charge is -2.09. The number of carbonyl (C=O) groups is 2. The van der Waals surface area contributed by atoms with Crippen molar-refractivity contribution in [2.45, 2.75) is 0 Å². The summed E-state index contributed by atoms with van der Waals surface area (Å²) in [4.78, 5) is 22.6. The topological polar surface area (TPSA) is 55.4 Å². The first kappa shape index (κ1) is 14.4. The first-order chi connectivity index (χ1) is 10.2. The fourth-order valence-corrected chi connectivity index (χ4v) is 1.74. The third kappa shape index (κ3) is 3.95. The van der Waals surface area contributed by atoms with E-state index in [1.807, 2.05) is 0 Å². The van der Waals surface area contributed by atoms with Gasteiger partial charge in [-0.1, -0.05) is 24.1 Å². The van der Waals surface area contributed by atoms with Gasteiger partial charge in [0.15, 0.2) is 12.9 Å². The molecule has 0 aliphatic heterocycles. The van der Waals surface area contributed by atoms with Crippen molar-refractivity contribution >= 4 is 17.9 Å². The molecule has 0 atom stereocenters. The van der Waals surface area contributed by atoms with Crippen LogP contribution in [0.25, 0.3) is 0 Å². The normalized spacial score (nSPS) is 9.48. The molecule has 4 nitrogen and oxygen atoms in total. The molecule has 0 fully saturated rings. The predicted molar refractivity (Wildman–Crippen MR) is 80.3 cm³/mol. The average molecular weight is 279 g/mol. The minimum Gasteiger partial charge on any atom is -0.483 e. The number of benzene rings is 2. The number of anilines is 1. The lowest BCUT2D eigenvalue weighted by atomic mass is 10.2. The number of carbonyl (C=O) groups excluding carboxylic acids is 2. The molecule has 0 unspecified atom stereocenters. The van der Waals surface area contributed by atoms with Gasteiger partial charge >= 0.3 is 0 Å². The number of aldehydes is 1. The highest BCUT2D eigenvalue weighted by molar-refractivity contribution is 5.92. The van der Waals surface area contributed by atoms with Gasteiger partial charge in [-0.25, -0.2) is 0 Å². The Morgan fingerprint density at radius 1 is 1.24 bits per heavy atom. The molecule has 0 bridgehead atoms. The molecule has 2 aromatic rings. The number of nitrogens with one attached hydrogen (secondary N) is 1. The lowest BCUT2D eigenvalue weighted by molar-refractivity contribution is -0.118. The first-order valence-corrected chi connectivity index (χ1v) is 6.26. The second kappa shape index (κ2) is 6.92. The number of rotatable bonds is 5. The minimum atomic E-state index is -0.329. The Morgan fingerprint density at radius 3 is 2.81 bits per heavy atom. The number of hydrogen-bond donors (Lipinski definition) is 1. The Kier molecular flexibility index (Phi) is 4.73. The third-order valence-corrected chi connectivity index (χ3v) is 2.72. The van der Waals surface area contributed by atoms with Crippen molar-refractivity contribution in [2.24, 2.45) is 0 Å². The highest BCUT2D eigenvalue weighted by Gasteiger charge is 2.06. The maximum absolute atomic E-state index is 11.8. The van der Waals surface area contributed by atoms with Crippen LogP contribution in [0.15, 0.2) is 48.5 Å². The number of amides is 1. The van der Waals surface area contributed by atoms with Crippen LogP contribution in [-0.4, -0.2) is 18.8 Å². The SMILES string of the molecule is C#Cc1cccc(NC(=O)COc2ccccc2C=O)c1. The van der Waals surface area contributed by atoms with Gasteiger partial charge in [-0.2, -0.15) is 0 Å². The van der Waals surface area contributed by atoms with Crippen LogP contribution in [0.1, 0.15) is 15.9 Å². The highest BCUT2D eigenvalue weighted by Crippen LogP contribution is 2.15. The number of hydrogen-bond acceptors (Lipinski definition) is 3. The van der Waals surface area contributed by atoms with E-state index in [1.165, 1.54) is 0 Å². The fraction of sp³-hybridized carbons (Fsp3) is 0.0588. The fourth-order valence-electron chi connectivity index (χ4n) is 1.74. The van der Waals surface area contributed by atoms with Crippen molar-refractivity contribution in [3.05, 3.63) is 59.7 Å². The van der Waals surface area contributed by atoms with Gasteiger partial charge in [0.25, 0.3) is 5.91 Å². The standard InChI is InChI=1S/C17H13NO3/c1-2-13-6-5-8-15(10-13)18-17(20)12-21-16-9-4-3-7-14(16)11-19/h1,3-11H,12H2,(H,18,20). The predicted octanol–water partition coefficient (Wildman–Crippen LogP) is 2.50. The van der Waals surface area contributed by atoms with E-state index >= 15 is 0 Å². The zero-order chi connectivity index (χ0) is 15.1. The molecule has 104 valence electrons. The first-order valence-electron chi connectivity index (χ1n) is 6.26. The van der Waals surface area contributed by atoms with Crippen LogP contribution in [0, 0.1) is 12.3 Å². The summed E-state index contributed by atoms with van der Waals surface area (Å²) in [5.41, 5.74) is 1.68. The second-order valence-corrected chi connectivity index (χ2v) is 4.22. The summed E-state index contributed by atoms with van der Waals surface area (Å²) < 4.78 is 5.33. The Labute approximate surface area is 122 Å². The molecule has 4 heteroatoms. The summed E-state index contributed by atoms with van der Waals surface area (Å²) in [7, 11) is 0. The summed E-state index contributed by atoms with van der Waals surface area (Å²) in [5.74, 6) is 2.54. The van der Waals surface area contributed by atoms with Crippen molar-refractivity contribution in [1.82, 2.24) is 0 Å². The average Bonchev–Trinajstić information content (AvgIpc) is 2.53. The summed E-state index contributed by atoms with van der Waals surface area (Å²) in [6.45, 7) is -0.189. The van der Waals surface area contributed by atoms with Crippen molar-refractivity contribution in [3.63, 3.8) is 0 Å². The molecule has 2 aromatic carbocycles. The van der Waals surface area contributed by atoms with Crippen molar-refractivity contribution in [3.8, 4) is 18.1 Å². The van der Waals surface area contributed by atoms with Crippen LogP contribution in [0.3, 0.4) is 0 Å². The molecule has 0 aliphatic rings. The zero-order valence-corrected chi connectivity index (χ0v) is 11.2. The molecule has 0 aliphatic carbocycles. The van der Waals surface area contributed by atoms with Crippen LogP contribution in [0.5, 0.6) is 5.75 Å². The van der Waals surface area contributed by atoms with Gasteiger partial charge < -0.3 is 10.1 Å². The van der Waals surface area contributed by atoms with E-state index in [2.05, 4.69) is 11.2 Å². The van der Waals surface area contributed by atoms with E-state index in [9.17, 15) is 9.59 Å². The van der Waals surface area contributed by atoms with Crippen LogP contribution in [0.4, 0.5) is 5.69 Å².